The van der Waals surface area contributed by atoms with E-state index in [9.17, 15) is 9.59 Å². The normalized spacial score (nSPS) is 16.7. The molecule has 1 N–H and O–H groups in total. The molecular weight excluding hydrogens is 402 g/mol. The maximum Gasteiger partial charge on any atom is 0.257 e. The Morgan fingerprint density at radius 1 is 1.06 bits per heavy atom. The monoisotopic (exact) mass is 431 g/mol. The zero-order chi connectivity index (χ0) is 21.9. The van der Waals surface area contributed by atoms with Gasteiger partial charge in [-0.2, -0.15) is 0 Å². The van der Waals surface area contributed by atoms with Gasteiger partial charge in [0, 0.05) is 43.4 Å². The number of nitrogens with one attached hydrogen (secondary N) is 1. The average Bonchev–Trinajstić information content (AvgIpc) is 2.82. The fourth-order valence-corrected chi connectivity index (χ4v) is 4.54. The van der Waals surface area contributed by atoms with E-state index in [2.05, 4.69) is 20.9 Å². The van der Waals surface area contributed by atoms with E-state index < -0.39 is 0 Å². The van der Waals surface area contributed by atoms with E-state index in [-0.39, 0.29) is 16.9 Å². The SMILES string of the molecule is O=C(NCc1ccccc1)c1cn(CC2CCC2)c2cc(N3CCOCC3)ccc2c1=O. The molecule has 1 amide bonds. The Kier molecular flexibility index (Phi) is 5.95. The number of carbonyl (C=O) groups is 1. The van der Waals surface area contributed by atoms with E-state index >= 15 is 0 Å². The summed E-state index contributed by atoms with van der Waals surface area (Å²) < 4.78 is 7.61. The number of pyridine rings is 1. The van der Waals surface area contributed by atoms with Crippen LogP contribution < -0.4 is 15.6 Å². The first-order valence-corrected chi connectivity index (χ1v) is 11.5. The first-order valence-electron chi connectivity index (χ1n) is 11.5. The van der Waals surface area contributed by atoms with Crippen LogP contribution in [0.2, 0.25) is 0 Å². The summed E-state index contributed by atoms with van der Waals surface area (Å²) in [5, 5.41) is 3.52. The van der Waals surface area contributed by atoms with Crippen molar-refractivity contribution in [3.05, 3.63) is 76.1 Å². The van der Waals surface area contributed by atoms with Gasteiger partial charge in [0.15, 0.2) is 0 Å². The topological polar surface area (TPSA) is 63.6 Å². The highest BCUT2D eigenvalue weighted by molar-refractivity contribution is 5.97. The molecule has 5 rings (SSSR count). The second kappa shape index (κ2) is 9.17. The van der Waals surface area contributed by atoms with Crippen LogP contribution in [0.3, 0.4) is 0 Å². The molecule has 6 nitrogen and oxygen atoms in total. The Labute approximate surface area is 187 Å². The molecule has 32 heavy (non-hydrogen) atoms. The summed E-state index contributed by atoms with van der Waals surface area (Å²) >= 11 is 0. The average molecular weight is 432 g/mol. The summed E-state index contributed by atoms with van der Waals surface area (Å²) in [6.07, 6.45) is 5.43. The number of nitrogens with zero attached hydrogens (tertiary/aromatic N) is 2. The summed E-state index contributed by atoms with van der Waals surface area (Å²) in [7, 11) is 0. The van der Waals surface area contributed by atoms with E-state index in [0.29, 0.717) is 31.1 Å². The number of hydrogen-bond acceptors (Lipinski definition) is 4. The molecule has 2 aromatic carbocycles. The van der Waals surface area contributed by atoms with E-state index in [0.717, 1.165) is 36.4 Å². The highest BCUT2D eigenvalue weighted by Crippen LogP contribution is 2.30. The lowest BCUT2D eigenvalue weighted by Crippen LogP contribution is -2.36. The molecule has 1 aromatic heterocycles. The Hall–Kier alpha value is -3.12. The Morgan fingerprint density at radius 3 is 2.56 bits per heavy atom. The van der Waals surface area contributed by atoms with Crippen molar-refractivity contribution < 1.29 is 9.53 Å². The molecular formula is C26H29N3O3. The maximum atomic E-state index is 13.3. The van der Waals surface area contributed by atoms with Gasteiger partial charge in [-0.1, -0.05) is 36.8 Å². The Bertz CT molecular complexity index is 1160. The van der Waals surface area contributed by atoms with Crippen molar-refractivity contribution in [3.63, 3.8) is 0 Å². The molecule has 3 aromatic rings. The minimum absolute atomic E-state index is 0.205. The molecule has 0 radical (unpaired) electrons. The fraction of sp³-hybridized carbons (Fsp3) is 0.385. The number of amides is 1. The lowest BCUT2D eigenvalue weighted by Gasteiger charge is -2.30. The highest BCUT2D eigenvalue weighted by Gasteiger charge is 2.22. The van der Waals surface area contributed by atoms with Gasteiger partial charge in [-0.15, -0.1) is 0 Å². The van der Waals surface area contributed by atoms with Gasteiger partial charge in [0.2, 0.25) is 5.43 Å². The van der Waals surface area contributed by atoms with E-state index in [1.165, 1.54) is 19.3 Å². The number of morpholine rings is 1. The van der Waals surface area contributed by atoms with E-state index in [1.54, 1.807) is 6.20 Å². The molecule has 2 fully saturated rings. The summed E-state index contributed by atoms with van der Waals surface area (Å²) in [6, 6.07) is 15.7. The molecule has 6 heteroatoms. The van der Waals surface area contributed by atoms with Crippen LogP contribution in [0, 0.1) is 5.92 Å². The first kappa shape index (κ1) is 20.8. The number of fused-ring (bicyclic) bond motifs is 1. The minimum Gasteiger partial charge on any atom is -0.378 e. The number of rotatable bonds is 6. The molecule has 0 atom stereocenters. The quantitative estimate of drug-likeness (QED) is 0.648. The summed E-state index contributed by atoms with van der Waals surface area (Å²) in [5.74, 6) is 0.286. The van der Waals surface area contributed by atoms with Crippen molar-refractivity contribution in [1.29, 1.82) is 0 Å². The fourth-order valence-electron chi connectivity index (χ4n) is 4.54. The molecule has 2 aliphatic rings. The molecule has 1 aliphatic heterocycles. The van der Waals surface area contributed by atoms with Gasteiger partial charge in [0.05, 0.1) is 18.7 Å². The molecule has 1 saturated heterocycles. The molecule has 1 aliphatic carbocycles. The largest absolute Gasteiger partial charge is 0.378 e. The second-order valence-corrected chi connectivity index (χ2v) is 8.79. The first-order chi connectivity index (χ1) is 15.7. The third-order valence-electron chi connectivity index (χ3n) is 6.66. The van der Waals surface area contributed by atoms with Gasteiger partial charge >= 0.3 is 0 Å². The Morgan fingerprint density at radius 2 is 1.84 bits per heavy atom. The van der Waals surface area contributed by atoms with Gasteiger partial charge in [0.25, 0.3) is 5.91 Å². The van der Waals surface area contributed by atoms with Crippen LogP contribution in [0.1, 0.15) is 35.2 Å². The van der Waals surface area contributed by atoms with Crippen LogP contribution in [0.4, 0.5) is 5.69 Å². The highest BCUT2D eigenvalue weighted by atomic mass is 16.5. The maximum absolute atomic E-state index is 13.3. The van der Waals surface area contributed by atoms with Crippen LogP contribution in [0.5, 0.6) is 0 Å². The van der Waals surface area contributed by atoms with Gasteiger partial charge in [-0.3, -0.25) is 9.59 Å². The summed E-state index contributed by atoms with van der Waals surface area (Å²) in [4.78, 5) is 28.5. The van der Waals surface area contributed by atoms with Gasteiger partial charge in [0.1, 0.15) is 5.56 Å². The molecule has 166 valence electrons. The van der Waals surface area contributed by atoms with Crippen molar-refractivity contribution in [2.75, 3.05) is 31.2 Å². The zero-order valence-corrected chi connectivity index (χ0v) is 18.3. The van der Waals surface area contributed by atoms with Crippen LogP contribution in [-0.2, 0) is 17.8 Å². The summed E-state index contributed by atoms with van der Waals surface area (Å²) in [6.45, 7) is 4.36. The molecule has 0 spiro atoms. The van der Waals surface area contributed by atoms with E-state index in [4.69, 9.17) is 4.74 Å². The predicted octanol–water partition coefficient (Wildman–Crippen LogP) is 3.57. The van der Waals surface area contributed by atoms with Crippen molar-refractivity contribution in [2.45, 2.75) is 32.4 Å². The van der Waals surface area contributed by atoms with Gasteiger partial charge in [-0.05, 0) is 42.5 Å². The number of aromatic nitrogens is 1. The number of hydrogen-bond donors (Lipinski definition) is 1. The van der Waals surface area contributed by atoms with Crippen molar-refractivity contribution in [1.82, 2.24) is 9.88 Å². The third-order valence-corrected chi connectivity index (χ3v) is 6.66. The third kappa shape index (κ3) is 4.28. The van der Waals surface area contributed by atoms with Crippen LogP contribution in [-0.4, -0.2) is 36.8 Å². The van der Waals surface area contributed by atoms with E-state index in [1.807, 2.05) is 42.5 Å². The number of ether oxygens (including phenoxy) is 1. The van der Waals surface area contributed by atoms with Crippen LogP contribution >= 0.6 is 0 Å². The molecule has 2 heterocycles. The molecule has 0 bridgehead atoms. The zero-order valence-electron chi connectivity index (χ0n) is 18.3. The van der Waals surface area contributed by atoms with Crippen LogP contribution in [0.25, 0.3) is 10.9 Å². The smallest absolute Gasteiger partial charge is 0.257 e. The van der Waals surface area contributed by atoms with Crippen LogP contribution in [0.15, 0.2) is 59.5 Å². The predicted molar refractivity (Wildman–Crippen MR) is 126 cm³/mol. The number of benzene rings is 2. The summed E-state index contributed by atoms with van der Waals surface area (Å²) in [5.41, 5.74) is 3.02. The molecule has 0 unspecified atom stereocenters. The minimum atomic E-state index is -0.319. The second-order valence-electron chi connectivity index (χ2n) is 8.79. The van der Waals surface area contributed by atoms with Crippen molar-refractivity contribution in [2.24, 2.45) is 5.92 Å². The van der Waals surface area contributed by atoms with Gasteiger partial charge < -0.3 is 19.5 Å². The Balaban J connectivity index is 1.49. The van der Waals surface area contributed by atoms with Gasteiger partial charge in [-0.25, -0.2) is 0 Å². The number of anilines is 1. The number of carbonyl (C=O) groups excluding carboxylic acids is 1. The lowest BCUT2D eigenvalue weighted by molar-refractivity contribution is 0.0949. The van der Waals surface area contributed by atoms with Crippen molar-refractivity contribution in [3.8, 4) is 0 Å². The molecule has 1 saturated carbocycles. The van der Waals surface area contributed by atoms with Crippen molar-refractivity contribution >= 4 is 22.5 Å². The lowest BCUT2D eigenvalue weighted by atomic mass is 9.85. The standard InChI is InChI=1S/C26H29N3O3/c30-25-22-10-9-21(28-11-13-32-14-12-28)15-24(22)29(17-20-7-4-8-20)18-23(25)26(31)27-16-19-5-2-1-3-6-19/h1-3,5-6,9-10,15,18,20H,4,7-8,11-14,16-17H2,(H,27,31).